The third-order valence-electron chi connectivity index (χ3n) is 2.61. The van der Waals surface area contributed by atoms with Crippen LogP contribution in [0.1, 0.15) is 24.4 Å². The lowest BCUT2D eigenvalue weighted by molar-refractivity contribution is -0.137. The summed E-state index contributed by atoms with van der Waals surface area (Å²) >= 11 is 0. The van der Waals surface area contributed by atoms with Gasteiger partial charge in [0.05, 0.1) is 11.7 Å². The third kappa shape index (κ3) is 2.05. The van der Waals surface area contributed by atoms with Gasteiger partial charge in [-0.2, -0.15) is 0 Å². The maximum atomic E-state index is 10.4. The van der Waals surface area contributed by atoms with Crippen LogP contribution >= 0.6 is 0 Å². The number of nitrogens with zero attached hydrogens (tertiary/aromatic N) is 2. The predicted molar refractivity (Wildman–Crippen MR) is 60.5 cm³/mol. The Morgan fingerprint density at radius 2 is 2.31 bits per heavy atom. The molecule has 0 saturated carbocycles. The van der Waals surface area contributed by atoms with E-state index in [1.54, 1.807) is 0 Å². The molecule has 2 heterocycles. The average molecular weight is 218 g/mol. The maximum absolute atomic E-state index is 10.4. The summed E-state index contributed by atoms with van der Waals surface area (Å²) in [6.07, 6.45) is 3.35. The lowest BCUT2D eigenvalue weighted by atomic mass is 10.2. The Bertz CT molecular complexity index is 517. The molecule has 0 aromatic carbocycles. The highest BCUT2D eigenvalue weighted by Crippen LogP contribution is 2.12. The Kier molecular flexibility index (Phi) is 2.90. The van der Waals surface area contributed by atoms with Crippen molar-refractivity contribution in [3.05, 3.63) is 35.9 Å². The lowest BCUT2D eigenvalue weighted by Crippen LogP contribution is -2.01. The van der Waals surface area contributed by atoms with E-state index in [0.717, 1.165) is 17.0 Å². The zero-order valence-electron chi connectivity index (χ0n) is 9.18. The van der Waals surface area contributed by atoms with Crippen molar-refractivity contribution in [3.8, 4) is 0 Å². The minimum Gasteiger partial charge on any atom is -0.481 e. The second-order valence-corrected chi connectivity index (χ2v) is 3.85. The molecule has 16 heavy (non-hydrogen) atoms. The number of carbonyl (C=O) groups is 1. The highest BCUT2D eigenvalue weighted by atomic mass is 16.4. The highest BCUT2D eigenvalue weighted by Gasteiger charge is 2.06. The van der Waals surface area contributed by atoms with E-state index in [4.69, 9.17) is 5.11 Å². The van der Waals surface area contributed by atoms with Gasteiger partial charge in [0.15, 0.2) is 0 Å². The molecule has 2 aromatic rings. The van der Waals surface area contributed by atoms with Crippen LogP contribution in [0.3, 0.4) is 0 Å². The molecular formula is C12H14N2O2. The van der Waals surface area contributed by atoms with E-state index in [2.05, 4.69) is 9.38 Å². The zero-order chi connectivity index (χ0) is 11.5. The van der Waals surface area contributed by atoms with E-state index in [9.17, 15) is 4.79 Å². The average Bonchev–Trinajstić information content (AvgIpc) is 2.62. The Hall–Kier alpha value is -1.84. The standard InChI is InChI=1S/C12H14N2O2/c1-9-4-2-5-10-8-13-11(14(9)10)6-3-7-12(15)16/h2,4-5,8H,3,6-7H2,1H3,(H,15,16). The quantitative estimate of drug-likeness (QED) is 0.854. The van der Waals surface area contributed by atoms with Gasteiger partial charge in [-0.25, -0.2) is 4.98 Å². The number of fused-ring (bicyclic) bond motifs is 1. The summed E-state index contributed by atoms with van der Waals surface area (Å²) in [4.78, 5) is 14.8. The van der Waals surface area contributed by atoms with Crippen LogP contribution in [0.4, 0.5) is 0 Å². The molecule has 0 bridgehead atoms. The fourth-order valence-corrected chi connectivity index (χ4v) is 1.86. The zero-order valence-corrected chi connectivity index (χ0v) is 9.18. The molecule has 0 saturated heterocycles. The van der Waals surface area contributed by atoms with Crippen molar-refractivity contribution in [2.45, 2.75) is 26.2 Å². The van der Waals surface area contributed by atoms with Crippen molar-refractivity contribution in [2.24, 2.45) is 0 Å². The molecule has 0 atom stereocenters. The van der Waals surface area contributed by atoms with E-state index < -0.39 is 5.97 Å². The predicted octanol–water partition coefficient (Wildman–Crippen LogP) is 2.05. The monoisotopic (exact) mass is 218 g/mol. The number of imidazole rings is 1. The molecule has 4 nitrogen and oxygen atoms in total. The number of hydrogen-bond acceptors (Lipinski definition) is 2. The number of carboxylic acids is 1. The van der Waals surface area contributed by atoms with Crippen LogP contribution in [0.15, 0.2) is 24.4 Å². The Labute approximate surface area is 93.5 Å². The number of aryl methyl sites for hydroxylation is 2. The molecule has 84 valence electrons. The van der Waals surface area contributed by atoms with Crippen LogP contribution < -0.4 is 0 Å². The highest BCUT2D eigenvalue weighted by molar-refractivity contribution is 5.66. The van der Waals surface area contributed by atoms with Gasteiger partial charge < -0.3 is 9.51 Å². The SMILES string of the molecule is Cc1cccc2cnc(CCCC(=O)O)n12. The number of pyridine rings is 1. The van der Waals surface area contributed by atoms with Crippen LogP contribution in [0.5, 0.6) is 0 Å². The van der Waals surface area contributed by atoms with Gasteiger partial charge in [-0.05, 0) is 25.5 Å². The summed E-state index contributed by atoms with van der Waals surface area (Å²) in [5.41, 5.74) is 2.19. The molecule has 0 aliphatic heterocycles. The summed E-state index contributed by atoms with van der Waals surface area (Å²) in [6.45, 7) is 2.02. The van der Waals surface area contributed by atoms with E-state index in [1.807, 2.05) is 31.3 Å². The molecule has 0 amide bonds. The molecule has 1 N–H and O–H groups in total. The van der Waals surface area contributed by atoms with Crippen LogP contribution in [-0.4, -0.2) is 20.5 Å². The third-order valence-corrected chi connectivity index (χ3v) is 2.61. The normalized spacial score (nSPS) is 10.8. The van der Waals surface area contributed by atoms with Gasteiger partial charge >= 0.3 is 5.97 Å². The second kappa shape index (κ2) is 4.35. The van der Waals surface area contributed by atoms with Crippen molar-refractivity contribution in [3.63, 3.8) is 0 Å². The van der Waals surface area contributed by atoms with Gasteiger partial charge in [0.1, 0.15) is 5.82 Å². The first-order valence-corrected chi connectivity index (χ1v) is 5.32. The van der Waals surface area contributed by atoms with Crippen molar-refractivity contribution < 1.29 is 9.90 Å². The lowest BCUT2D eigenvalue weighted by Gasteiger charge is -2.03. The summed E-state index contributed by atoms with van der Waals surface area (Å²) in [5, 5.41) is 8.58. The second-order valence-electron chi connectivity index (χ2n) is 3.85. The minimum absolute atomic E-state index is 0.195. The van der Waals surface area contributed by atoms with Crippen molar-refractivity contribution in [1.29, 1.82) is 0 Å². The first-order chi connectivity index (χ1) is 7.68. The first kappa shape index (κ1) is 10.7. The first-order valence-electron chi connectivity index (χ1n) is 5.32. The van der Waals surface area contributed by atoms with Gasteiger partial charge in [0, 0.05) is 18.5 Å². The molecule has 0 aliphatic carbocycles. The van der Waals surface area contributed by atoms with Crippen LogP contribution in [0.2, 0.25) is 0 Å². The largest absolute Gasteiger partial charge is 0.481 e. The molecule has 0 radical (unpaired) electrons. The number of aromatic nitrogens is 2. The molecule has 0 aliphatic rings. The van der Waals surface area contributed by atoms with Gasteiger partial charge in [-0.1, -0.05) is 6.07 Å². The summed E-state index contributed by atoms with van der Waals surface area (Å²) in [5.74, 6) is 0.187. The molecule has 4 heteroatoms. The summed E-state index contributed by atoms with van der Waals surface area (Å²) < 4.78 is 2.07. The summed E-state index contributed by atoms with van der Waals surface area (Å²) in [7, 11) is 0. The van der Waals surface area contributed by atoms with Crippen LogP contribution in [-0.2, 0) is 11.2 Å². The van der Waals surface area contributed by atoms with Crippen molar-refractivity contribution in [2.75, 3.05) is 0 Å². The number of rotatable bonds is 4. The molecule has 0 spiro atoms. The number of hydrogen-bond donors (Lipinski definition) is 1. The van der Waals surface area contributed by atoms with Crippen molar-refractivity contribution in [1.82, 2.24) is 9.38 Å². The Morgan fingerprint density at radius 3 is 3.06 bits per heavy atom. The van der Waals surface area contributed by atoms with Gasteiger partial charge in [-0.15, -0.1) is 0 Å². The smallest absolute Gasteiger partial charge is 0.303 e. The number of aliphatic carboxylic acids is 1. The fourth-order valence-electron chi connectivity index (χ4n) is 1.86. The minimum atomic E-state index is -0.752. The Balaban J connectivity index is 2.21. The molecule has 0 unspecified atom stereocenters. The number of carboxylic acid groups (broad SMARTS) is 1. The summed E-state index contributed by atoms with van der Waals surface area (Å²) in [6, 6.07) is 6.02. The van der Waals surface area contributed by atoms with Gasteiger partial charge in [-0.3, -0.25) is 4.79 Å². The fraction of sp³-hybridized carbons (Fsp3) is 0.333. The maximum Gasteiger partial charge on any atom is 0.303 e. The molecule has 2 aromatic heterocycles. The van der Waals surface area contributed by atoms with E-state index in [-0.39, 0.29) is 6.42 Å². The van der Waals surface area contributed by atoms with Gasteiger partial charge in [0.25, 0.3) is 0 Å². The van der Waals surface area contributed by atoms with E-state index in [1.165, 1.54) is 0 Å². The van der Waals surface area contributed by atoms with E-state index in [0.29, 0.717) is 12.8 Å². The topological polar surface area (TPSA) is 54.6 Å². The molecule has 0 fully saturated rings. The van der Waals surface area contributed by atoms with Crippen LogP contribution in [0, 0.1) is 6.92 Å². The molecule has 2 rings (SSSR count). The Morgan fingerprint density at radius 1 is 1.50 bits per heavy atom. The molecular weight excluding hydrogens is 204 g/mol. The van der Waals surface area contributed by atoms with E-state index >= 15 is 0 Å². The van der Waals surface area contributed by atoms with Crippen LogP contribution in [0.25, 0.3) is 5.52 Å². The van der Waals surface area contributed by atoms with Gasteiger partial charge in [0.2, 0.25) is 0 Å². The van der Waals surface area contributed by atoms with Crippen molar-refractivity contribution >= 4 is 11.5 Å².